The first-order chi connectivity index (χ1) is 11.6. The Bertz CT molecular complexity index is 992. The molecule has 0 saturated carbocycles. The summed E-state index contributed by atoms with van der Waals surface area (Å²) in [5, 5.41) is 9.66. The van der Waals surface area contributed by atoms with Crippen molar-refractivity contribution in [1.29, 1.82) is 0 Å². The van der Waals surface area contributed by atoms with Gasteiger partial charge in [-0.15, -0.1) is 0 Å². The summed E-state index contributed by atoms with van der Waals surface area (Å²) in [5.41, 5.74) is 3.49. The number of hydrogen-bond acceptors (Lipinski definition) is 7. The number of nitrogens with zero attached hydrogens (tertiary/aromatic N) is 2. The van der Waals surface area contributed by atoms with Crippen LogP contribution in [-0.2, 0) is 18.8 Å². The number of nitrogens with two attached hydrogens (primary N) is 1. The zero-order valence-electron chi connectivity index (χ0n) is 13.3. The molecule has 1 heterocycles. The van der Waals surface area contributed by atoms with Gasteiger partial charge in [0.05, 0.1) is 0 Å². The average Bonchev–Trinajstić information content (AvgIpc) is 2.58. The minimum absolute atomic E-state index is 0.150. The lowest BCUT2D eigenvalue weighted by atomic mass is 10.2. The fraction of sp³-hybridized carbons (Fsp3) is 0.200. The van der Waals surface area contributed by atoms with E-state index in [0.29, 0.717) is 4.47 Å². The Balaban J connectivity index is 2.27. The molecule has 0 amide bonds. The summed E-state index contributed by atoms with van der Waals surface area (Å²) in [4.78, 5) is 48.0. The summed E-state index contributed by atoms with van der Waals surface area (Å²) in [7, 11) is 2.51. The summed E-state index contributed by atoms with van der Waals surface area (Å²) >= 11 is 3.14. The van der Waals surface area contributed by atoms with E-state index in [1.165, 1.54) is 32.3 Å². The molecule has 132 valence electrons. The summed E-state index contributed by atoms with van der Waals surface area (Å²) < 4.78 is 7.04. The summed E-state index contributed by atoms with van der Waals surface area (Å²) in [6.45, 7) is -0.775. The topological polar surface area (TPSA) is 134 Å². The van der Waals surface area contributed by atoms with Crippen LogP contribution in [0.5, 0.6) is 5.75 Å². The molecule has 0 spiro atoms. The lowest BCUT2D eigenvalue weighted by Gasteiger charge is -2.11. The van der Waals surface area contributed by atoms with E-state index in [1.807, 2.05) is 0 Å². The van der Waals surface area contributed by atoms with Gasteiger partial charge in [0.15, 0.2) is 6.61 Å². The highest BCUT2D eigenvalue weighted by molar-refractivity contribution is 9.10. The largest absolute Gasteiger partial charge is 0.507 e. The molecule has 9 nitrogen and oxygen atoms in total. The highest BCUT2D eigenvalue weighted by atomic mass is 79.9. The Morgan fingerprint density at radius 1 is 1.24 bits per heavy atom. The van der Waals surface area contributed by atoms with Crippen molar-refractivity contribution in [3.8, 4) is 5.75 Å². The maximum Gasteiger partial charge on any atom is 0.342 e. The molecular formula is C15H14BrN3O6. The molecule has 10 heteroatoms. The van der Waals surface area contributed by atoms with E-state index >= 15 is 0 Å². The van der Waals surface area contributed by atoms with Gasteiger partial charge in [0.25, 0.3) is 5.56 Å². The molecule has 25 heavy (non-hydrogen) atoms. The van der Waals surface area contributed by atoms with Crippen molar-refractivity contribution in [1.82, 2.24) is 9.13 Å². The number of Topliss-reactive ketones (excluding diaryl/α,β-unsaturated/α-hetero) is 1. The predicted molar refractivity (Wildman–Crippen MR) is 91.8 cm³/mol. The standard InChI is InChI=1S/C15H14BrN3O6/c1-18-12(17)11(13(22)19(2)15(18)24)10(21)6-25-14(23)8-5-7(16)3-4-9(8)20/h3-5,20H,6,17H2,1-2H3. The molecule has 1 aromatic carbocycles. The van der Waals surface area contributed by atoms with Crippen molar-refractivity contribution >= 4 is 33.5 Å². The van der Waals surface area contributed by atoms with Crippen LogP contribution in [0.1, 0.15) is 20.7 Å². The van der Waals surface area contributed by atoms with Crippen molar-refractivity contribution in [2.75, 3.05) is 12.3 Å². The van der Waals surface area contributed by atoms with Crippen molar-refractivity contribution in [3.05, 3.63) is 54.6 Å². The number of carbonyl (C=O) groups is 2. The number of phenolic OH excluding ortho intramolecular Hbond substituents is 1. The zero-order valence-corrected chi connectivity index (χ0v) is 14.9. The van der Waals surface area contributed by atoms with Crippen LogP contribution in [-0.4, -0.2) is 32.6 Å². The van der Waals surface area contributed by atoms with Gasteiger partial charge in [-0.05, 0) is 18.2 Å². The minimum atomic E-state index is -0.952. The molecule has 0 fully saturated rings. The van der Waals surface area contributed by atoms with Gasteiger partial charge in [0.2, 0.25) is 5.78 Å². The third kappa shape index (κ3) is 3.48. The number of ketones is 1. The molecule has 0 aliphatic heterocycles. The number of benzene rings is 1. The SMILES string of the molecule is Cn1c(N)c(C(=O)COC(=O)c2cc(Br)ccc2O)c(=O)n(C)c1=O. The summed E-state index contributed by atoms with van der Waals surface area (Å²) in [6, 6.07) is 4.12. The van der Waals surface area contributed by atoms with Gasteiger partial charge in [0.1, 0.15) is 22.7 Å². The van der Waals surface area contributed by atoms with Crippen molar-refractivity contribution in [2.24, 2.45) is 14.1 Å². The molecule has 0 bridgehead atoms. The molecule has 0 unspecified atom stereocenters. The summed E-state index contributed by atoms with van der Waals surface area (Å²) in [5.74, 6) is -2.46. The Hall–Kier alpha value is -2.88. The lowest BCUT2D eigenvalue weighted by molar-refractivity contribution is 0.0471. The van der Waals surface area contributed by atoms with E-state index < -0.39 is 35.2 Å². The second-order valence-electron chi connectivity index (χ2n) is 5.13. The first kappa shape index (κ1) is 18.5. The fourth-order valence-corrected chi connectivity index (χ4v) is 2.44. The number of rotatable bonds is 4. The van der Waals surface area contributed by atoms with Crippen LogP contribution >= 0.6 is 15.9 Å². The van der Waals surface area contributed by atoms with E-state index in [0.717, 1.165) is 9.13 Å². The number of hydrogen-bond donors (Lipinski definition) is 2. The first-order valence-electron chi connectivity index (χ1n) is 6.89. The van der Waals surface area contributed by atoms with Crippen LogP contribution in [0.4, 0.5) is 5.82 Å². The number of aromatic hydroxyl groups is 1. The van der Waals surface area contributed by atoms with E-state index in [-0.39, 0.29) is 17.1 Å². The maximum atomic E-state index is 12.2. The number of ether oxygens (including phenoxy) is 1. The molecule has 1 aromatic heterocycles. The first-order valence-corrected chi connectivity index (χ1v) is 7.68. The number of phenols is 1. The minimum Gasteiger partial charge on any atom is -0.507 e. The number of aromatic nitrogens is 2. The van der Waals surface area contributed by atoms with E-state index in [9.17, 15) is 24.3 Å². The number of carbonyl (C=O) groups excluding carboxylic acids is 2. The second-order valence-corrected chi connectivity index (χ2v) is 6.04. The fourth-order valence-electron chi connectivity index (χ4n) is 2.07. The van der Waals surface area contributed by atoms with E-state index in [4.69, 9.17) is 10.5 Å². The van der Waals surface area contributed by atoms with Crippen LogP contribution in [0.25, 0.3) is 0 Å². The molecule has 2 rings (SSSR count). The van der Waals surface area contributed by atoms with Crippen molar-refractivity contribution in [2.45, 2.75) is 0 Å². The third-order valence-corrected chi connectivity index (χ3v) is 3.99. The van der Waals surface area contributed by atoms with Crippen LogP contribution in [0, 0.1) is 0 Å². The monoisotopic (exact) mass is 411 g/mol. The van der Waals surface area contributed by atoms with Crippen LogP contribution in [0.2, 0.25) is 0 Å². The molecule has 0 aliphatic carbocycles. The van der Waals surface area contributed by atoms with Crippen LogP contribution in [0.3, 0.4) is 0 Å². The lowest BCUT2D eigenvalue weighted by Crippen LogP contribution is -2.42. The van der Waals surface area contributed by atoms with Gasteiger partial charge < -0.3 is 15.6 Å². The van der Waals surface area contributed by atoms with Gasteiger partial charge >= 0.3 is 11.7 Å². The molecular weight excluding hydrogens is 398 g/mol. The van der Waals surface area contributed by atoms with Crippen LogP contribution in [0.15, 0.2) is 32.3 Å². The van der Waals surface area contributed by atoms with Crippen molar-refractivity contribution < 1.29 is 19.4 Å². The molecule has 0 saturated heterocycles. The third-order valence-electron chi connectivity index (χ3n) is 3.50. The smallest absolute Gasteiger partial charge is 0.342 e. The summed E-state index contributed by atoms with van der Waals surface area (Å²) in [6.07, 6.45) is 0. The van der Waals surface area contributed by atoms with E-state index in [1.54, 1.807) is 0 Å². The van der Waals surface area contributed by atoms with Crippen molar-refractivity contribution in [3.63, 3.8) is 0 Å². The molecule has 0 atom stereocenters. The maximum absolute atomic E-state index is 12.2. The van der Waals surface area contributed by atoms with Crippen LogP contribution < -0.4 is 17.0 Å². The van der Waals surface area contributed by atoms with E-state index in [2.05, 4.69) is 15.9 Å². The van der Waals surface area contributed by atoms with Gasteiger partial charge in [0, 0.05) is 18.6 Å². The van der Waals surface area contributed by atoms with Gasteiger partial charge in [-0.1, -0.05) is 15.9 Å². The highest BCUT2D eigenvalue weighted by Gasteiger charge is 2.22. The molecule has 2 aromatic rings. The second kappa shape index (κ2) is 6.93. The Kier molecular flexibility index (Phi) is 5.12. The zero-order chi connectivity index (χ0) is 18.9. The Morgan fingerprint density at radius 2 is 1.88 bits per heavy atom. The Morgan fingerprint density at radius 3 is 2.52 bits per heavy atom. The molecule has 3 N–H and O–H groups in total. The number of nitrogen functional groups attached to an aromatic ring is 1. The van der Waals surface area contributed by atoms with Gasteiger partial charge in [-0.3, -0.25) is 18.7 Å². The number of halogens is 1. The number of anilines is 1. The Labute approximate surface area is 149 Å². The molecule has 0 aliphatic rings. The quantitative estimate of drug-likeness (QED) is 0.540. The average molecular weight is 412 g/mol. The number of esters is 1. The van der Waals surface area contributed by atoms with Gasteiger partial charge in [-0.2, -0.15) is 0 Å². The predicted octanol–water partition coefficient (Wildman–Crippen LogP) is 0.174. The van der Waals surface area contributed by atoms with Gasteiger partial charge in [-0.25, -0.2) is 9.59 Å². The highest BCUT2D eigenvalue weighted by Crippen LogP contribution is 2.22. The molecule has 0 radical (unpaired) electrons. The normalized spacial score (nSPS) is 10.5.